The molecule has 61 heavy (non-hydrogen) atoms. The quantitative estimate of drug-likeness (QED) is 0.165. The summed E-state index contributed by atoms with van der Waals surface area (Å²) in [6.45, 7) is 25.7. The van der Waals surface area contributed by atoms with E-state index in [1.54, 1.807) is 0 Å². The maximum absolute atomic E-state index is 7.60. The molecule has 1 aliphatic carbocycles. The molecule has 6 aromatic carbocycles. The summed E-state index contributed by atoms with van der Waals surface area (Å²) in [7, 11) is 0. The van der Waals surface area contributed by atoms with Crippen molar-refractivity contribution in [3.63, 3.8) is 0 Å². The molecule has 2 aliphatic heterocycles. The summed E-state index contributed by atoms with van der Waals surface area (Å²) in [6.07, 6.45) is 2.18. The van der Waals surface area contributed by atoms with Crippen molar-refractivity contribution in [2.75, 3.05) is 9.80 Å². The molecule has 3 aliphatic rings. The highest BCUT2D eigenvalue weighted by Crippen LogP contribution is 2.55. The highest BCUT2D eigenvalue weighted by atomic mass is 16.3. The number of nitrogens with zero attached hydrogens (tertiary/aromatic N) is 2. The molecule has 0 amide bonds. The van der Waals surface area contributed by atoms with Crippen LogP contribution in [0.2, 0.25) is 0 Å². The molecule has 3 heterocycles. The number of hydrogen-bond donors (Lipinski definition) is 0. The van der Waals surface area contributed by atoms with Crippen LogP contribution in [0.1, 0.15) is 110 Å². The van der Waals surface area contributed by atoms with Gasteiger partial charge in [-0.2, -0.15) is 0 Å². The lowest BCUT2D eigenvalue weighted by atomic mass is 9.35. The van der Waals surface area contributed by atoms with Crippen molar-refractivity contribution in [2.45, 2.75) is 111 Å². The van der Waals surface area contributed by atoms with E-state index in [1.165, 1.54) is 83.9 Å². The molecule has 0 atom stereocenters. The number of fused-ring (bicyclic) bond motifs is 6. The van der Waals surface area contributed by atoms with E-state index in [1.807, 2.05) is 0 Å². The van der Waals surface area contributed by atoms with Crippen molar-refractivity contribution in [2.24, 2.45) is 0 Å². The Bertz CT molecular complexity index is 2850. The van der Waals surface area contributed by atoms with Gasteiger partial charge in [0.15, 0.2) is 0 Å². The van der Waals surface area contributed by atoms with Gasteiger partial charge in [-0.15, -0.1) is 0 Å². The Morgan fingerprint density at radius 2 is 1.18 bits per heavy atom. The van der Waals surface area contributed by atoms with Crippen LogP contribution < -0.4 is 26.4 Å². The predicted molar refractivity (Wildman–Crippen MR) is 261 cm³/mol. The van der Waals surface area contributed by atoms with Crippen molar-refractivity contribution in [1.82, 2.24) is 0 Å². The zero-order valence-corrected chi connectivity index (χ0v) is 38.0. The normalized spacial score (nSPS) is 16.1. The summed E-state index contributed by atoms with van der Waals surface area (Å²) >= 11 is 0. The van der Waals surface area contributed by atoms with Crippen LogP contribution >= 0.6 is 0 Å². The van der Waals surface area contributed by atoms with E-state index in [4.69, 9.17) is 4.42 Å². The Hall–Kier alpha value is -5.74. The largest absolute Gasteiger partial charge is 0.472 e. The minimum Gasteiger partial charge on any atom is -0.472 e. The number of furan rings is 1. The number of rotatable bonds is 4. The fraction of sp³-hybridized carbons (Fsp3) is 0.298. The number of hydrogen-bond acceptors (Lipinski definition) is 3. The number of para-hydroxylation sites is 1. The molecule has 0 fully saturated rings. The molecule has 0 saturated carbocycles. The zero-order valence-electron chi connectivity index (χ0n) is 38.0. The number of anilines is 6. The van der Waals surface area contributed by atoms with Crippen LogP contribution in [0.15, 0.2) is 138 Å². The highest BCUT2D eigenvalue weighted by Gasteiger charge is 2.52. The molecule has 0 N–H and O–H groups in total. The average molecular weight is 799 g/mol. The Labute approximate surface area is 364 Å². The zero-order chi connectivity index (χ0) is 42.8. The highest BCUT2D eigenvalue weighted by molar-refractivity contribution is 6.99. The molecule has 1 aromatic heterocycles. The second-order valence-electron chi connectivity index (χ2n) is 21.4. The minimum absolute atomic E-state index is 0.0234. The van der Waals surface area contributed by atoms with E-state index in [0.29, 0.717) is 0 Å². The van der Waals surface area contributed by atoms with Crippen molar-refractivity contribution in [1.29, 1.82) is 0 Å². The van der Waals surface area contributed by atoms with Gasteiger partial charge in [0, 0.05) is 39.3 Å². The van der Waals surface area contributed by atoms with Gasteiger partial charge in [0.05, 0.1) is 17.0 Å². The van der Waals surface area contributed by atoms with Crippen molar-refractivity contribution >= 4 is 57.4 Å². The molecule has 10 rings (SSSR count). The Morgan fingerprint density at radius 3 is 1.87 bits per heavy atom. The number of benzene rings is 6. The summed E-state index contributed by atoms with van der Waals surface area (Å²) in [4.78, 5) is 5.15. The summed E-state index contributed by atoms with van der Waals surface area (Å²) in [5, 5.41) is 0. The van der Waals surface area contributed by atoms with Gasteiger partial charge in [0.2, 0.25) is 0 Å². The standard InChI is InChI=1S/C57H59BN2O/c1-36-33-47-50-48(34-36)60(45-24-18-16-22-42(45)37-19-13-12-14-20-37)46-35-38(41-21-15-17-23-43(41)55(5,6)7)25-30-44(46)58(50)53-51(49-52(61-53)57(10,11)32-31-56(49,8)9)59(47)40-28-26-39(27-29-40)54(2,3)4/h12-30,33-35H,31-32H2,1-11H3. The lowest BCUT2D eigenvalue weighted by Gasteiger charge is -2.44. The Kier molecular flexibility index (Phi) is 8.81. The van der Waals surface area contributed by atoms with Gasteiger partial charge in [0.1, 0.15) is 5.76 Å². The first-order chi connectivity index (χ1) is 28.9. The topological polar surface area (TPSA) is 19.6 Å². The van der Waals surface area contributed by atoms with Gasteiger partial charge in [-0.1, -0.05) is 166 Å². The fourth-order valence-electron chi connectivity index (χ4n) is 10.6. The maximum atomic E-state index is 7.60. The molecular weight excluding hydrogens is 739 g/mol. The van der Waals surface area contributed by atoms with E-state index in [9.17, 15) is 0 Å². The Balaban J connectivity index is 1.32. The monoisotopic (exact) mass is 798 g/mol. The first-order valence-corrected chi connectivity index (χ1v) is 22.4. The molecule has 4 heteroatoms. The van der Waals surface area contributed by atoms with Gasteiger partial charge >= 0.3 is 0 Å². The van der Waals surface area contributed by atoms with Gasteiger partial charge in [-0.3, -0.25) is 0 Å². The van der Waals surface area contributed by atoms with Crippen LogP contribution in [0.25, 0.3) is 22.3 Å². The molecule has 3 nitrogen and oxygen atoms in total. The van der Waals surface area contributed by atoms with Crippen LogP contribution in [-0.2, 0) is 21.7 Å². The van der Waals surface area contributed by atoms with Crippen LogP contribution in [0.4, 0.5) is 34.1 Å². The SMILES string of the molecule is Cc1cc2c3c(c1)N(c1ccc(C(C)(C)C)cc1)c1c(oc4c1C(C)(C)CCC4(C)C)B3c1ccc(-c3ccccc3C(C)(C)C)cc1N2c1ccccc1-c1ccccc1. The third kappa shape index (κ3) is 6.23. The Morgan fingerprint density at radius 1 is 0.557 bits per heavy atom. The lowest BCUT2D eigenvalue weighted by Crippen LogP contribution is -2.61. The van der Waals surface area contributed by atoms with E-state index in [-0.39, 0.29) is 28.4 Å². The average Bonchev–Trinajstić information content (AvgIpc) is 3.65. The van der Waals surface area contributed by atoms with E-state index in [0.717, 1.165) is 29.9 Å². The second-order valence-corrected chi connectivity index (χ2v) is 21.4. The van der Waals surface area contributed by atoms with Crippen molar-refractivity contribution in [3.05, 3.63) is 161 Å². The third-order valence-corrected chi connectivity index (χ3v) is 14.0. The van der Waals surface area contributed by atoms with Crippen LogP contribution in [0, 0.1) is 6.92 Å². The summed E-state index contributed by atoms with van der Waals surface area (Å²) in [6, 6.07) is 50.3. The van der Waals surface area contributed by atoms with E-state index in [2.05, 4.69) is 219 Å². The van der Waals surface area contributed by atoms with Crippen molar-refractivity contribution in [3.8, 4) is 22.3 Å². The first-order valence-electron chi connectivity index (χ1n) is 22.4. The third-order valence-electron chi connectivity index (χ3n) is 14.0. The minimum atomic E-state index is -0.107. The van der Waals surface area contributed by atoms with E-state index < -0.39 is 0 Å². The fourth-order valence-corrected chi connectivity index (χ4v) is 10.6. The van der Waals surface area contributed by atoms with Crippen LogP contribution in [-0.4, -0.2) is 6.71 Å². The van der Waals surface area contributed by atoms with E-state index >= 15 is 0 Å². The van der Waals surface area contributed by atoms with Gasteiger partial charge in [-0.05, 0) is 117 Å². The van der Waals surface area contributed by atoms with Gasteiger partial charge < -0.3 is 14.2 Å². The molecule has 306 valence electrons. The smallest absolute Gasteiger partial charge is 0.297 e. The molecule has 0 unspecified atom stereocenters. The van der Waals surface area contributed by atoms with Gasteiger partial charge in [-0.25, -0.2) is 0 Å². The predicted octanol–water partition coefficient (Wildman–Crippen LogP) is 13.9. The van der Waals surface area contributed by atoms with Gasteiger partial charge in [0.25, 0.3) is 6.71 Å². The molecule has 0 radical (unpaired) electrons. The second kappa shape index (κ2) is 13.6. The first kappa shape index (κ1) is 39.4. The van der Waals surface area contributed by atoms with Crippen molar-refractivity contribution < 1.29 is 4.42 Å². The molecule has 0 spiro atoms. The summed E-state index contributed by atoms with van der Waals surface area (Å²) < 4.78 is 7.60. The molecule has 0 bridgehead atoms. The maximum Gasteiger partial charge on any atom is 0.297 e. The summed E-state index contributed by atoms with van der Waals surface area (Å²) in [5.74, 6) is 1.14. The molecule has 7 aromatic rings. The summed E-state index contributed by atoms with van der Waals surface area (Å²) in [5.41, 5.74) is 20.8. The molecule has 0 saturated heterocycles. The van der Waals surface area contributed by atoms with Crippen LogP contribution in [0.5, 0.6) is 0 Å². The number of aryl methyl sites for hydroxylation is 1. The van der Waals surface area contributed by atoms with Crippen LogP contribution in [0.3, 0.4) is 0 Å². The lowest BCUT2D eigenvalue weighted by molar-refractivity contribution is 0.282. The molecular formula is C57H59BN2O.